The van der Waals surface area contributed by atoms with Crippen molar-refractivity contribution in [2.45, 2.75) is 12.8 Å². The van der Waals surface area contributed by atoms with Gasteiger partial charge in [-0.05, 0) is 32.1 Å². The molecule has 0 saturated carbocycles. The third kappa shape index (κ3) is 3.30. The summed E-state index contributed by atoms with van der Waals surface area (Å²) >= 11 is 1.37. The van der Waals surface area contributed by atoms with Crippen LogP contribution in [-0.2, 0) is 6.42 Å². The topological polar surface area (TPSA) is 37.8 Å². The highest BCUT2D eigenvalue weighted by molar-refractivity contribution is 7.14. The van der Waals surface area contributed by atoms with Crippen molar-refractivity contribution < 1.29 is 8.78 Å². The van der Waals surface area contributed by atoms with Gasteiger partial charge in [0, 0.05) is 18.1 Å². The van der Waals surface area contributed by atoms with Crippen LogP contribution < -0.4 is 5.32 Å². The monoisotopic (exact) mass is 269 g/mol. The number of nitrogens with zero attached hydrogens (tertiary/aromatic N) is 2. The lowest BCUT2D eigenvalue weighted by Gasteiger charge is -1.96. The number of hydrogen-bond donors (Lipinski definition) is 1. The third-order valence-corrected chi connectivity index (χ3v) is 3.43. The van der Waals surface area contributed by atoms with Crippen LogP contribution in [0, 0.1) is 11.6 Å². The van der Waals surface area contributed by atoms with E-state index in [1.54, 1.807) is 0 Å². The maximum absolute atomic E-state index is 13.1. The molecule has 0 saturated heterocycles. The van der Waals surface area contributed by atoms with Gasteiger partial charge in [0.15, 0.2) is 0 Å². The van der Waals surface area contributed by atoms with Crippen LogP contribution in [0.15, 0.2) is 18.2 Å². The van der Waals surface area contributed by atoms with Crippen LogP contribution in [0.5, 0.6) is 0 Å². The van der Waals surface area contributed by atoms with E-state index in [2.05, 4.69) is 15.5 Å². The zero-order valence-corrected chi connectivity index (χ0v) is 10.7. The lowest BCUT2D eigenvalue weighted by Crippen LogP contribution is -2.08. The Kier molecular flexibility index (Phi) is 4.33. The lowest BCUT2D eigenvalue weighted by atomic mass is 10.2. The van der Waals surface area contributed by atoms with E-state index in [4.69, 9.17) is 0 Å². The molecule has 1 aromatic heterocycles. The SMILES string of the molecule is CNCCCc1nnc(-c2cc(F)cc(F)c2)s1. The predicted molar refractivity (Wildman–Crippen MR) is 67.5 cm³/mol. The average Bonchev–Trinajstić information content (AvgIpc) is 2.77. The quantitative estimate of drug-likeness (QED) is 0.848. The number of aryl methyl sites for hydroxylation is 1. The molecule has 2 aromatic rings. The van der Waals surface area contributed by atoms with Crippen molar-refractivity contribution in [3.63, 3.8) is 0 Å². The van der Waals surface area contributed by atoms with E-state index in [1.165, 1.54) is 23.5 Å². The maximum atomic E-state index is 13.1. The van der Waals surface area contributed by atoms with Crippen molar-refractivity contribution in [1.29, 1.82) is 0 Å². The van der Waals surface area contributed by atoms with Crippen molar-refractivity contribution in [3.05, 3.63) is 34.8 Å². The first-order valence-electron chi connectivity index (χ1n) is 5.62. The Labute approximate surface area is 108 Å². The normalized spacial score (nSPS) is 10.8. The summed E-state index contributed by atoms with van der Waals surface area (Å²) in [5.74, 6) is -1.20. The molecule has 0 atom stereocenters. The van der Waals surface area contributed by atoms with E-state index < -0.39 is 11.6 Å². The first-order valence-corrected chi connectivity index (χ1v) is 6.44. The summed E-state index contributed by atoms with van der Waals surface area (Å²) in [5, 5.41) is 12.5. The van der Waals surface area contributed by atoms with Gasteiger partial charge in [0.2, 0.25) is 0 Å². The van der Waals surface area contributed by atoms with Gasteiger partial charge >= 0.3 is 0 Å². The molecule has 1 heterocycles. The highest BCUT2D eigenvalue weighted by Gasteiger charge is 2.09. The summed E-state index contributed by atoms with van der Waals surface area (Å²) in [6.07, 6.45) is 1.78. The predicted octanol–water partition coefficient (Wildman–Crippen LogP) is 2.64. The van der Waals surface area contributed by atoms with E-state index in [0.29, 0.717) is 10.6 Å². The van der Waals surface area contributed by atoms with Crippen LogP contribution in [0.1, 0.15) is 11.4 Å². The minimum absolute atomic E-state index is 0.435. The standard InChI is InChI=1S/C12H13F2N3S/c1-15-4-2-3-11-16-17-12(18-11)8-5-9(13)7-10(14)6-8/h5-7,15H,2-4H2,1H3. The highest BCUT2D eigenvalue weighted by atomic mass is 32.1. The summed E-state index contributed by atoms with van der Waals surface area (Å²) in [6.45, 7) is 0.906. The zero-order chi connectivity index (χ0) is 13.0. The number of nitrogens with one attached hydrogen (secondary N) is 1. The van der Waals surface area contributed by atoms with Gasteiger partial charge in [-0.25, -0.2) is 8.78 Å². The molecular formula is C12H13F2N3S. The van der Waals surface area contributed by atoms with Crippen molar-refractivity contribution >= 4 is 11.3 Å². The molecule has 2 rings (SSSR count). The van der Waals surface area contributed by atoms with Crippen molar-refractivity contribution in [2.24, 2.45) is 0 Å². The molecular weight excluding hydrogens is 256 g/mol. The molecule has 6 heteroatoms. The summed E-state index contributed by atoms with van der Waals surface area (Å²) in [4.78, 5) is 0. The Morgan fingerprint density at radius 1 is 1.17 bits per heavy atom. The molecule has 0 aliphatic heterocycles. The maximum Gasteiger partial charge on any atom is 0.148 e. The van der Waals surface area contributed by atoms with Crippen LogP contribution in [0.2, 0.25) is 0 Å². The van der Waals surface area contributed by atoms with Gasteiger partial charge in [-0.15, -0.1) is 10.2 Å². The van der Waals surface area contributed by atoms with E-state index in [0.717, 1.165) is 30.5 Å². The molecule has 0 bridgehead atoms. The highest BCUT2D eigenvalue weighted by Crippen LogP contribution is 2.25. The summed E-state index contributed by atoms with van der Waals surface area (Å²) < 4.78 is 26.2. The number of benzene rings is 1. The molecule has 0 spiro atoms. The molecule has 3 nitrogen and oxygen atoms in total. The first-order chi connectivity index (χ1) is 8.69. The second kappa shape index (κ2) is 5.97. The number of hydrogen-bond acceptors (Lipinski definition) is 4. The largest absolute Gasteiger partial charge is 0.320 e. The Balaban J connectivity index is 2.13. The number of rotatable bonds is 5. The van der Waals surface area contributed by atoms with Gasteiger partial charge in [-0.2, -0.15) is 0 Å². The van der Waals surface area contributed by atoms with Gasteiger partial charge < -0.3 is 5.32 Å². The molecule has 0 radical (unpaired) electrons. The summed E-state index contributed by atoms with van der Waals surface area (Å²) in [6, 6.07) is 3.38. The molecule has 0 unspecified atom stereocenters. The number of halogens is 2. The van der Waals surface area contributed by atoms with E-state index >= 15 is 0 Å². The summed E-state index contributed by atoms with van der Waals surface area (Å²) in [7, 11) is 1.89. The molecule has 0 aliphatic carbocycles. The molecule has 1 aromatic carbocycles. The van der Waals surface area contributed by atoms with Gasteiger partial charge in [0.25, 0.3) is 0 Å². The molecule has 0 fully saturated rings. The summed E-state index contributed by atoms with van der Waals surface area (Å²) in [5.41, 5.74) is 0.435. The van der Waals surface area contributed by atoms with E-state index in [9.17, 15) is 8.78 Å². The molecule has 96 valence electrons. The van der Waals surface area contributed by atoms with Gasteiger partial charge in [0.05, 0.1) is 0 Å². The van der Waals surface area contributed by atoms with Crippen molar-refractivity contribution in [1.82, 2.24) is 15.5 Å². The van der Waals surface area contributed by atoms with E-state index in [-0.39, 0.29) is 0 Å². The fourth-order valence-corrected chi connectivity index (χ4v) is 2.43. The van der Waals surface area contributed by atoms with Crippen LogP contribution in [0.4, 0.5) is 8.78 Å². The van der Waals surface area contributed by atoms with Crippen molar-refractivity contribution in [2.75, 3.05) is 13.6 Å². The van der Waals surface area contributed by atoms with Crippen LogP contribution >= 0.6 is 11.3 Å². The molecule has 0 amide bonds. The van der Waals surface area contributed by atoms with E-state index in [1.807, 2.05) is 7.05 Å². The first kappa shape index (κ1) is 13.0. The van der Waals surface area contributed by atoms with Gasteiger partial charge in [-0.1, -0.05) is 11.3 Å². The molecule has 18 heavy (non-hydrogen) atoms. The number of aromatic nitrogens is 2. The molecule has 0 aliphatic rings. The lowest BCUT2D eigenvalue weighted by molar-refractivity contribution is 0.584. The van der Waals surface area contributed by atoms with Crippen LogP contribution in [-0.4, -0.2) is 23.8 Å². The smallest absolute Gasteiger partial charge is 0.148 e. The fraction of sp³-hybridized carbons (Fsp3) is 0.333. The van der Waals surface area contributed by atoms with Crippen molar-refractivity contribution in [3.8, 4) is 10.6 Å². The Hall–Kier alpha value is -1.40. The van der Waals surface area contributed by atoms with Gasteiger partial charge in [-0.3, -0.25) is 0 Å². The minimum atomic E-state index is -0.600. The Morgan fingerprint density at radius 3 is 2.56 bits per heavy atom. The Morgan fingerprint density at radius 2 is 1.89 bits per heavy atom. The second-order valence-corrected chi connectivity index (χ2v) is 4.93. The van der Waals surface area contributed by atoms with Crippen LogP contribution in [0.3, 0.4) is 0 Å². The fourth-order valence-electron chi connectivity index (χ4n) is 1.56. The third-order valence-electron chi connectivity index (χ3n) is 2.39. The zero-order valence-electron chi connectivity index (χ0n) is 9.91. The minimum Gasteiger partial charge on any atom is -0.320 e. The Bertz CT molecular complexity index is 508. The molecule has 1 N–H and O–H groups in total. The van der Waals surface area contributed by atoms with Gasteiger partial charge in [0.1, 0.15) is 21.6 Å². The van der Waals surface area contributed by atoms with Crippen LogP contribution in [0.25, 0.3) is 10.6 Å². The average molecular weight is 269 g/mol. The second-order valence-electron chi connectivity index (χ2n) is 3.87.